The second-order valence-electron chi connectivity index (χ2n) is 4.72. The van der Waals surface area contributed by atoms with Gasteiger partial charge in [0, 0.05) is 11.4 Å². The van der Waals surface area contributed by atoms with Crippen molar-refractivity contribution in [2.45, 2.75) is 33.6 Å². The summed E-state index contributed by atoms with van der Waals surface area (Å²) >= 11 is 1.13. The zero-order valence-corrected chi connectivity index (χ0v) is 12.7. The summed E-state index contributed by atoms with van der Waals surface area (Å²) in [4.78, 5) is 12.9. The predicted molar refractivity (Wildman–Crippen MR) is 82.2 cm³/mol. The average Bonchev–Trinajstić information content (AvgIpc) is 2.88. The van der Waals surface area contributed by atoms with Crippen LogP contribution in [0.3, 0.4) is 0 Å². The number of hydrogen-bond donors (Lipinski definition) is 2. The molecule has 6 heteroatoms. The number of aromatic nitrogens is 2. The smallest absolute Gasteiger partial charge is 0.269 e. The summed E-state index contributed by atoms with van der Waals surface area (Å²) in [5.41, 5.74) is 9.95. The van der Waals surface area contributed by atoms with Gasteiger partial charge in [0.1, 0.15) is 4.88 Å². The van der Waals surface area contributed by atoms with Gasteiger partial charge in [-0.3, -0.25) is 4.79 Å². The van der Waals surface area contributed by atoms with Gasteiger partial charge in [0.2, 0.25) is 0 Å². The highest BCUT2D eigenvalue weighted by Crippen LogP contribution is 2.26. The maximum absolute atomic E-state index is 12.4. The van der Waals surface area contributed by atoms with E-state index in [0.29, 0.717) is 10.6 Å². The quantitative estimate of drug-likeness (QED) is 0.848. The van der Waals surface area contributed by atoms with Crippen molar-refractivity contribution in [1.82, 2.24) is 9.59 Å². The van der Waals surface area contributed by atoms with Crippen LogP contribution >= 0.6 is 11.5 Å². The molecule has 0 fully saturated rings. The summed E-state index contributed by atoms with van der Waals surface area (Å²) in [6.45, 7) is 5.89. The Balaban J connectivity index is 2.28. The number of carbonyl (C=O) groups is 1. The van der Waals surface area contributed by atoms with E-state index in [1.165, 1.54) is 0 Å². The minimum absolute atomic E-state index is 0.166. The molecule has 0 aliphatic carbocycles. The molecular weight excluding hydrogens is 272 g/mol. The number of nitrogens with one attached hydrogen (secondary N) is 1. The van der Waals surface area contributed by atoms with Gasteiger partial charge in [-0.1, -0.05) is 23.9 Å². The lowest BCUT2D eigenvalue weighted by atomic mass is 10.1. The molecule has 0 atom stereocenters. The fourth-order valence-electron chi connectivity index (χ4n) is 2.01. The lowest BCUT2D eigenvalue weighted by Gasteiger charge is -2.13. The molecule has 1 heterocycles. The molecular formula is C14H18N4OS. The van der Waals surface area contributed by atoms with Crippen LogP contribution in [0.2, 0.25) is 0 Å². The van der Waals surface area contributed by atoms with Gasteiger partial charge >= 0.3 is 0 Å². The number of amides is 1. The molecule has 0 saturated heterocycles. The average molecular weight is 290 g/mol. The van der Waals surface area contributed by atoms with E-state index in [4.69, 9.17) is 5.73 Å². The third kappa shape index (κ3) is 2.80. The molecule has 0 aliphatic heterocycles. The first kappa shape index (κ1) is 14.5. The van der Waals surface area contributed by atoms with E-state index < -0.39 is 0 Å². The van der Waals surface area contributed by atoms with Gasteiger partial charge in [-0.25, -0.2) is 0 Å². The number of hydrogen-bond acceptors (Lipinski definition) is 5. The Bertz CT molecular complexity index is 636. The van der Waals surface area contributed by atoms with E-state index in [1.54, 1.807) is 0 Å². The minimum Gasteiger partial charge on any atom is -0.398 e. The zero-order chi connectivity index (χ0) is 14.7. The Morgan fingerprint density at radius 2 is 2.15 bits per heavy atom. The number of nitrogens with zero attached hydrogens (tertiary/aromatic N) is 2. The van der Waals surface area contributed by atoms with Gasteiger partial charge in [-0.15, -0.1) is 5.10 Å². The van der Waals surface area contributed by atoms with Crippen LogP contribution in [0.5, 0.6) is 0 Å². The van der Waals surface area contributed by atoms with Crippen LogP contribution < -0.4 is 11.1 Å². The third-order valence-electron chi connectivity index (χ3n) is 3.20. The van der Waals surface area contributed by atoms with Gasteiger partial charge in [0.05, 0.1) is 5.69 Å². The monoisotopic (exact) mass is 290 g/mol. The van der Waals surface area contributed by atoms with Gasteiger partial charge in [0.15, 0.2) is 0 Å². The van der Waals surface area contributed by atoms with Crippen molar-refractivity contribution in [1.29, 1.82) is 0 Å². The van der Waals surface area contributed by atoms with Crippen molar-refractivity contribution < 1.29 is 4.79 Å². The van der Waals surface area contributed by atoms with Crippen LogP contribution in [-0.2, 0) is 6.42 Å². The van der Waals surface area contributed by atoms with Crippen molar-refractivity contribution in [3.63, 3.8) is 0 Å². The Kier molecular flexibility index (Phi) is 4.34. The van der Waals surface area contributed by atoms with Crippen molar-refractivity contribution in [3.05, 3.63) is 33.8 Å². The Labute approximate surface area is 122 Å². The number of benzene rings is 1. The zero-order valence-electron chi connectivity index (χ0n) is 11.9. The number of carbonyl (C=O) groups excluding carboxylic acids is 1. The standard InChI is InChI=1S/C14H18N4OS/c1-4-5-11-13(20-18-17-11)14(19)16-12-8(2)6-7-10(15)9(12)3/h6-7H,4-5,15H2,1-3H3,(H,16,19). The van der Waals surface area contributed by atoms with E-state index in [9.17, 15) is 4.79 Å². The van der Waals surface area contributed by atoms with Crippen molar-refractivity contribution >= 4 is 28.8 Å². The number of nitrogen functional groups attached to an aromatic ring is 1. The summed E-state index contributed by atoms with van der Waals surface area (Å²) < 4.78 is 3.87. The van der Waals surface area contributed by atoms with Gasteiger partial charge in [0.25, 0.3) is 5.91 Å². The lowest BCUT2D eigenvalue weighted by molar-refractivity contribution is 0.102. The Hall–Kier alpha value is -1.95. The van der Waals surface area contributed by atoms with E-state index in [-0.39, 0.29) is 5.91 Å². The largest absolute Gasteiger partial charge is 0.398 e. The number of rotatable bonds is 4. The van der Waals surface area contributed by atoms with Crippen molar-refractivity contribution in [2.75, 3.05) is 11.1 Å². The summed E-state index contributed by atoms with van der Waals surface area (Å²) in [5.74, 6) is -0.166. The molecule has 0 aliphatic rings. The molecule has 0 unspecified atom stereocenters. The summed E-state index contributed by atoms with van der Waals surface area (Å²) in [6.07, 6.45) is 1.69. The van der Waals surface area contributed by atoms with Crippen LogP contribution in [0.4, 0.5) is 11.4 Å². The van der Waals surface area contributed by atoms with E-state index in [0.717, 1.165) is 46.9 Å². The first-order valence-electron chi connectivity index (χ1n) is 6.52. The normalized spacial score (nSPS) is 10.6. The van der Waals surface area contributed by atoms with E-state index >= 15 is 0 Å². The first-order chi connectivity index (χ1) is 9.54. The molecule has 0 saturated carbocycles. The molecule has 1 aromatic heterocycles. The maximum Gasteiger partial charge on any atom is 0.269 e. The molecule has 0 bridgehead atoms. The highest BCUT2D eigenvalue weighted by atomic mass is 32.1. The molecule has 0 spiro atoms. The molecule has 20 heavy (non-hydrogen) atoms. The molecule has 2 aromatic rings. The van der Waals surface area contributed by atoms with Crippen molar-refractivity contribution in [2.24, 2.45) is 0 Å². The summed E-state index contributed by atoms with van der Waals surface area (Å²) in [5, 5.41) is 6.95. The number of anilines is 2. The number of aryl methyl sites for hydroxylation is 2. The lowest BCUT2D eigenvalue weighted by Crippen LogP contribution is -2.15. The first-order valence-corrected chi connectivity index (χ1v) is 7.30. The van der Waals surface area contributed by atoms with E-state index in [2.05, 4.69) is 14.9 Å². The molecule has 1 aromatic carbocycles. The van der Waals surface area contributed by atoms with Gasteiger partial charge < -0.3 is 11.1 Å². The highest BCUT2D eigenvalue weighted by Gasteiger charge is 2.17. The second-order valence-corrected chi connectivity index (χ2v) is 5.48. The molecule has 106 valence electrons. The Morgan fingerprint density at radius 3 is 2.85 bits per heavy atom. The van der Waals surface area contributed by atoms with Crippen LogP contribution in [-0.4, -0.2) is 15.5 Å². The van der Waals surface area contributed by atoms with Crippen molar-refractivity contribution in [3.8, 4) is 0 Å². The fraction of sp³-hybridized carbons (Fsp3) is 0.357. The maximum atomic E-state index is 12.4. The molecule has 0 radical (unpaired) electrons. The third-order valence-corrected chi connectivity index (χ3v) is 3.97. The van der Waals surface area contributed by atoms with Gasteiger partial charge in [-0.2, -0.15) is 0 Å². The van der Waals surface area contributed by atoms with Crippen LogP contribution in [0.25, 0.3) is 0 Å². The molecule has 1 amide bonds. The molecule has 5 nitrogen and oxygen atoms in total. The second kappa shape index (κ2) is 6.00. The summed E-state index contributed by atoms with van der Waals surface area (Å²) in [6, 6.07) is 3.74. The Morgan fingerprint density at radius 1 is 1.40 bits per heavy atom. The predicted octanol–water partition coefficient (Wildman–Crippen LogP) is 2.94. The van der Waals surface area contributed by atoms with E-state index in [1.807, 2.05) is 32.9 Å². The SMILES string of the molecule is CCCc1nnsc1C(=O)Nc1c(C)ccc(N)c1C. The summed E-state index contributed by atoms with van der Waals surface area (Å²) in [7, 11) is 0. The van der Waals surface area contributed by atoms with Gasteiger partial charge in [-0.05, 0) is 49.0 Å². The fourth-order valence-corrected chi connectivity index (χ4v) is 2.61. The van der Waals surface area contributed by atoms with Crippen LogP contribution in [0.1, 0.15) is 39.8 Å². The van der Waals surface area contributed by atoms with Crippen LogP contribution in [0.15, 0.2) is 12.1 Å². The molecule has 2 rings (SSSR count). The highest BCUT2D eigenvalue weighted by molar-refractivity contribution is 7.08. The van der Waals surface area contributed by atoms with Crippen LogP contribution in [0, 0.1) is 13.8 Å². The topological polar surface area (TPSA) is 80.9 Å². The number of nitrogens with two attached hydrogens (primary N) is 1. The molecule has 3 N–H and O–H groups in total. The minimum atomic E-state index is -0.166.